The second-order valence-corrected chi connectivity index (χ2v) is 10.1. The first-order chi connectivity index (χ1) is 17.4. The van der Waals surface area contributed by atoms with E-state index in [-0.39, 0.29) is 11.9 Å². The van der Waals surface area contributed by atoms with E-state index in [2.05, 4.69) is 43.9 Å². The average Bonchev–Trinajstić information content (AvgIpc) is 3.34. The predicted octanol–water partition coefficient (Wildman–Crippen LogP) is 6.57. The zero-order valence-electron chi connectivity index (χ0n) is 21.5. The molecule has 3 atom stereocenters. The molecule has 2 heterocycles. The molecule has 2 aliphatic heterocycles. The van der Waals surface area contributed by atoms with Crippen molar-refractivity contribution in [2.45, 2.75) is 39.3 Å². The molecule has 0 radical (unpaired) electrons. The van der Waals surface area contributed by atoms with Gasteiger partial charge in [-0.05, 0) is 91.9 Å². The van der Waals surface area contributed by atoms with Gasteiger partial charge in [-0.15, -0.1) is 0 Å². The van der Waals surface area contributed by atoms with E-state index in [4.69, 9.17) is 14.2 Å². The summed E-state index contributed by atoms with van der Waals surface area (Å²) in [5.74, 6) is 3.41. The van der Waals surface area contributed by atoms with Gasteiger partial charge in [-0.2, -0.15) is 0 Å². The van der Waals surface area contributed by atoms with Crippen molar-refractivity contribution in [3.8, 4) is 23.0 Å². The third-order valence-corrected chi connectivity index (χ3v) is 7.41. The number of hydrogen-bond acceptors (Lipinski definition) is 5. The first-order valence-corrected chi connectivity index (χ1v) is 12.7. The van der Waals surface area contributed by atoms with Crippen molar-refractivity contribution in [2.24, 2.45) is 5.92 Å². The van der Waals surface area contributed by atoms with Crippen LogP contribution in [0.4, 0.5) is 0 Å². The third-order valence-electron chi connectivity index (χ3n) is 7.41. The van der Waals surface area contributed by atoms with Crippen molar-refractivity contribution >= 4 is 11.1 Å². The molecule has 5 heteroatoms. The molecule has 0 aliphatic carbocycles. The van der Waals surface area contributed by atoms with E-state index >= 15 is 0 Å². The van der Waals surface area contributed by atoms with Crippen LogP contribution in [-0.2, 0) is 0 Å². The second-order valence-electron chi connectivity index (χ2n) is 10.1. The van der Waals surface area contributed by atoms with Gasteiger partial charge in [0.15, 0.2) is 0 Å². The van der Waals surface area contributed by atoms with Gasteiger partial charge in [0.05, 0.1) is 7.11 Å². The van der Waals surface area contributed by atoms with E-state index in [0.29, 0.717) is 12.6 Å². The van der Waals surface area contributed by atoms with Crippen molar-refractivity contribution in [3.05, 3.63) is 83.4 Å². The molecule has 0 aromatic heterocycles. The highest BCUT2D eigenvalue weighted by Gasteiger charge is 2.30. The standard InChI is InChI=1S/C31H35NO4/c1-20-14-15-32(18-20)21(2)19-35-26-11-8-23(9-12-26)31-30(24-6-5-7-27(16-24)34-4)22(3)28-17-25(33)10-13-29(28)36-31/h5-13,16-17,20-21,31,33H,14-15,18-19H2,1-4H3. The van der Waals surface area contributed by atoms with E-state index in [1.54, 1.807) is 19.2 Å². The minimum absolute atomic E-state index is 0.222. The molecule has 3 aromatic carbocycles. The van der Waals surface area contributed by atoms with Gasteiger partial charge in [0.1, 0.15) is 35.7 Å². The van der Waals surface area contributed by atoms with Crippen LogP contribution in [0, 0.1) is 5.92 Å². The Morgan fingerprint density at radius 1 is 1.06 bits per heavy atom. The van der Waals surface area contributed by atoms with Gasteiger partial charge in [-0.1, -0.05) is 31.2 Å². The number of benzene rings is 3. The van der Waals surface area contributed by atoms with Gasteiger partial charge in [0, 0.05) is 23.7 Å². The molecular weight excluding hydrogens is 450 g/mol. The molecule has 0 amide bonds. The number of hydrogen-bond donors (Lipinski definition) is 1. The lowest BCUT2D eigenvalue weighted by molar-refractivity contribution is 0.169. The Labute approximate surface area is 213 Å². The molecule has 0 saturated carbocycles. The minimum atomic E-state index is -0.298. The quantitative estimate of drug-likeness (QED) is 0.410. The topological polar surface area (TPSA) is 51.2 Å². The summed E-state index contributed by atoms with van der Waals surface area (Å²) < 4.78 is 18.2. The highest BCUT2D eigenvalue weighted by molar-refractivity contribution is 5.95. The van der Waals surface area contributed by atoms with Crippen molar-refractivity contribution in [3.63, 3.8) is 0 Å². The molecule has 0 spiro atoms. The maximum Gasteiger partial charge on any atom is 0.150 e. The Bertz CT molecular complexity index is 1250. The van der Waals surface area contributed by atoms with Crippen LogP contribution in [0.15, 0.2) is 66.7 Å². The maximum atomic E-state index is 10.1. The maximum absolute atomic E-state index is 10.1. The first-order valence-electron chi connectivity index (χ1n) is 12.7. The normalized spacial score (nSPS) is 20.6. The van der Waals surface area contributed by atoms with Gasteiger partial charge >= 0.3 is 0 Å². The number of aromatic hydroxyl groups is 1. The van der Waals surface area contributed by atoms with E-state index in [0.717, 1.165) is 64.1 Å². The Morgan fingerprint density at radius 2 is 1.86 bits per heavy atom. The summed E-state index contributed by atoms with van der Waals surface area (Å²) in [4.78, 5) is 2.51. The Hall–Kier alpha value is -3.44. The number of rotatable bonds is 7. The molecular formula is C31H35NO4. The van der Waals surface area contributed by atoms with Crippen LogP contribution in [0.2, 0.25) is 0 Å². The number of likely N-dealkylation sites (tertiary alicyclic amines) is 1. The van der Waals surface area contributed by atoms with Gasteiger partial charge in [0.2, 0.25) is 0 Å². The van der Waals surface area contributed by atoms with Crippen LogP contribution in [0.3, 0.4) is 0 Å². The van der Waals surface area contributed by atoms with Gasteiger partial charge in [0.25, 0.3) is 0 Å². The van der Waals surface area contributed by atoms with Crippen LogP contribution in [0.1, 0.15) is 50.0 Å². The Morgan fingerprint density at radius 3 is 2.58 bits per heavy atom. The molecule has 36 heavy (non-hydrogen) atoms. The molecule has 5 nitrogen and oxygen atoms in total. The van der Waals surface area contributed by atoms with Crippen molar-refractivity contribution in [1.82, 2.24) is 4.90 Å². The number of fused-ring (bicyclic) bond motifs is 1. The number of methoxy groups -OCH3 is 1. The minimum Gasteiger partial charge on any atom is -0.508 e. The van der Waals surface area contributed by atoms with Crippen LogP contribution in [0.5, 0.6) is 23.0 Å². The summed E-state index contributed by atoms with van der Waals surface area (Å²) in [5, 5.41) is 10.1. The van der Waals surface area contributed by atoms with Crippen LogP contribution < -0.4 is 14.2 Å². The van der Waals surface area contributed by atoms with E-state index in [1.165, 1.54) is 6.42 Å². The van der Waals surface area contributed by atoms with Gasteiger partial charge < -0.3 is 19.3 Å². The number of allylic oxidation sites excluding steroid dienone is 1. The first kappa shape index (κ1) is 24.3. The summed E-state index contributed by atoms with van der Waals surface area (Å²) in [5.41, 5.74) is 5.09. The molecule has 3 unspecified atom stereocenters. The highest BCUT2D eigenvalue weighted by atomic mass is 16.5. The van der Waals surface area contributed by atoms with E-state index < -0.39 is 0 Å². The average molecular weight is 486 g/mol. The summed E-state index contributed by atoms with van der Waals surface area (Å²) in [6, 6.07) is 21.9. The van der Waals surface area contributed by atoms with Crippen molar-refractivity contribution in [1.29, 1.82) is 0 Å². The fourth-order valence-electron chi connectivity index (χ4n) is 5.27. The smallest absolute Gasteiger partial charge is 0.150 e. The molecule has 5 rings (SSSR count). The summed E-state index contributed by atoms with van der Waals surface area (Å²) in [6.45, 7) is 9.63. The van der Waals surface area contributed by atoms with Gasteiger partial charge in [-0.25, -0.2) is 0 Å². The predicted molar refractivity (Wildman–Crippen MR) is 144 cm³/mol. The number of ether oxygens (including phenoxy) is 3. The molecule has 3 aromatic rings. The number of phenolic OH excluding ortho intramolecular Hbond substituents is 1. The Kier molecular flexibility index (Phi) is 6.92. The van der Waals surface area contributed by atoms with Crippen LogP contribution in [-0.4, -0.2) is 42.9 Å². The largest absolute Gasteiger partial charge is 0.508 e. The highest BCUT2D eigenvalue weighted by Crippen LogP contribution is 2.47. The van der Waals surface area contributed by atoms with Crippen molar-refractivity contribution < 1.29 is 19.3 Å². The van der Waals surface area contributed by atoms with Crippen molar-refractivity contribution in [2.75, 3.05) is 26.8 Å². The lowest BCUT2D eigenvalue weighted by atomic mass is 9.86. The molecule has 1 saturated heterocycles. The molecule has 0 bridgehead atoms. The van der Waals surface area contributed by atoms with E-state index in [9.17, 15) is 5.11 Å². The second kappa shape index (κ2) is 10.3. The van der Waals surface area contributed by atoms with E-state index in [1.807, 2.05) is 36.4 Å². The lowest BCUT2D eigenvalue weighted by Gasteiger charge is -2.31. The third kappa shape index (κ3) is 4.93. The fourth-order valence-corrected chi connectivity index (χ4v) is 5.27. The monoisotopic (exact) mass is 485 g/mol. The van der Waals surface area contributed by atoms with Crippen LogP contribution >= 0.6 is 0 Å². The number of phenols is 1. The number of nitrogens with zero attached hydrogens (tertiary/aromatic N) is 1. The molecule has 1 N–H and O–H groups in total. The molecule has 1 fully saturated rings. The van der Waals surface area contributed by atoms with Crippen LogP contribution in [0.25, 0.3) is 11.1 Å². The Balaban J connectivity index is 1.42. The summed E-state index contributed by atoms with van der Waals surface area (Å²) in [6.07, 6.45) is 0.972. The zero-order valence-corrected chi connectivity index (χ0v) is 21.5. The molecule has 2 aliphatic rings. The van der Waals surface area contributed by atoms with Gasteiger partial charge in [-0.3, -0.25) is 4.90 Å². The molecule has 188 valence electrons. The fraction of sp³-hybridized carbons (Fsp3) is 0.355. The summed E-state index contributed by atoms with van der Waals surface area (Å²) in [7, 11) is 1.67. The summed E-state index contributed by atoms with van der Waals surface area (Å²) >= 11 is 0. The zero-order chi connectivity index (χ0) is 25.2. The lowest BCUT2D eigenvalue weighted by Crippen LogP contribution is -2.35. The SMILES string of the molecule is COc1cccc(C2=C(C)c3cc(O)ccc3OC2c2ccc(OCC(C)N3CCC(C)C3)cc2)c1.